The van der Waals surface area contributed by atoms with Crippen molar-refractivity contribution in [3.8, 4) is 11.1 Å². The minimum atomic E-state index is -0.974. The fourth-order valence-electron chi connectivity index (χ4n) is 2.70. The molecule has 2 aromatic rings. The molecule has 0 aliphatic heterocycles. The quantitative estimate of drug-likeness (QED) is 0.753. The fourth-order valence-corrected chi connectivity index (χ4v) is 2.70. The van der Waals surface area contributed by atoms with E-state index in [0.29, 0.717) is 7.48 Å². The predicted molar refractivity (Wildman–Crippen MR) is 93.6 cm³/mol. The SMILES string of the molecule is CC(C)(O)C(C)(C)OBc1cccc2c1C(=O)c1ccccc1-2. The molecule has 0 heterocycles. The van der Waals surface area contributed by atoms with Crippen LogP contribution in [0.15, 0.2) is 42.5 Å². The van der Waals surface area contributed by atoms with Gasteiger partial charge in [0.1, 0.15) is 0 Å². The van der Waals surface area contributed by atoms with Crippen LogP contribution in [0.4, 0.5) is 0 Å². The summed E-state index contributed by atoms with van der Waals surface area (Å²) in [6.07, 6.45) is 0. The maximum Gasteiger partial charge on any atom is 0.310 e. The standard InChI is InChI=1S/C19H21BO3/c1-18(2,22)19(3,4)23-20-15-11-7-10-13-12-8-5-6-9-14(12)17(21)16(13)15/h5-11,20,22H,1-4H3. The van der Waals surface area contributed by atoms with Crippen molar-refractivity contribution in [3.63, 3.8) is 0 Å². The van der Waals surface area contributed by atoms with Crippen molar-refractivity contribution in [1.82, 2.24) is 0 Å². The van der Waals surface area contributed by atoms with E-state index in [1.165, 1.54) is 0 Å². The second kappa shape index (κ2) is 5.32. The van der Waals surface area contributed by atoms with Crippen molar-refractivity contribution >= 4 is 18.7 Å². The van der Waals surface area contributed by atoms with Crippen LogP contribution in [-0.2, 0) is 4.65 Å². The number of carbonyl (C=O) groups excluding carboxylic acids is 1. The van der Waals surface area contributed by atoms with Gasteiger partial charge in [0, 0.05) is 11.1 Å². The lowest BCUT2D eigenvalue weighted by atomic mass is 9.79. The molecule has 0 amide bonds. The van der Waals surface area contributed by atoms with Gasteiger partial charge in [-0.3, -0.25) is 4.79 Å². The van der Waals surface area contributed by atoms with Gasteiger partial charge in [0.05, 0.1) is 11.2 Å². The van der Waals surface area contributed by atoms with Crippen LogP contribution in [0.1, 0.15) is 43.6 Å². The third-order valence-electron chi connectivity index (χ3n) is 4.90. The van der Waals surface area contributed by atoms with Crippen LogP contribution in [0.5, 0.6) is 0 Å². The summed E-state index contributed by atoms with van der Waals surface area (Å²) in [6.45, 7) is 7.16. The molecular formula is C19H21BO3. The molecule has 1 N–H and O–H groups in total. The first-order valence-corrected chi connectivity index (χ1v) is 7.85. The Morgan fingerprint density at radius 2 is 1.52 bits per heavy atom. The first kappa shape index (κ1) is 16.0. The van der Waals surface area contributed by atoms with Gasteiger partial charge < -0.3 is 9.76 Å². The summed E-state index contributed by atoms with van der Waals surface area (Å²) >= 11 is 0. The molecule has 3 nitrogen and oxygen atoms in total. The molecule has 0 aromatic heterocycles. The third kappa shape index (κ3) is 2.62. The van der Waals surface area contributed by atoms with Gasteiger partial charge in [-0.2, -0.15) is 0 Å². The highest BCUT2D eigenvalue weighted by Gasteiger charge is 2.36. The highest BCUT2D eigenvalue weighted by molar-refractivity contribution is 6.51. The summed E-state index contributed by atoms with van der Waals surface area (Å²) in [5, 5.41) is 10.2. The molecule has 1 aliphatic rings. The molecule has 0 fully saturated rings. The van der Waals surface area contributed by atoms with E-state index in [1.807, 2.05) is 56.3 Å². The lowest BCUT2D eigenvalue weighted by molar-refractivity contribution is -0.0893. The zero-order valence-electron chi connectivity index (χ0n) is 14.0. The minimum absolute atomic E-state index is 0.0517. The Morgan fingerprint density at radius 1 is 0.913 bits per heavy atom. The van der Waals surface area contributed by atoms with E-state index in [-0.39, 0.29) is 5.78 Å². The van der Waals surface area contributed by atoms with Crippen LogP contribution < -0.4 is 5.46 Å². The summed E-state index contributed by atoms with van der Waals surface area (Å²) in [4.78, 5) is 12.7. The molecule has 0 unspecified atom stereocenters. The summed E-state index contributed by atoms with van der Waals surface area (Å²) in [5.74, 6) is 0.0517. The van der Waals surface area contributed by atoms with E-state index in [4.69, 9.17) is 4.65 Å². The molecule has 0 radical (unpaired) electrons. The van der Waals surface area contributed by atoms with Gasteiger partial charge in [0.2, 0.25) is 0 Å². The zero-order valence-corrected chi connectivity index (χ0v) is 14.0. The van der Waals surface area contributed by atoms with Crippen molar-refractivity contribution in [3.05, 3.63) is 53.6 Å². The second-order valence-corrected chi connectivity index (χ2v) is 7.07. The third-order valence-corrected chi connectivity index (χ3v) is 4.90. The van der Waals surface area contributed by atoms with Gasteiger partial charge in [-0.05, 0) is 44.3 Å². The second-order valence-electron chi connectivity index (χ2n) is 7.07. The van der Waals surface area contributed by atoms with Crippen LogP contribution in [0.3, 0.4) is 0 Å². The number of carbonyl (C=O) groups is 1. The average Bonchev–Trinajstić information content (AvgIpc) is 2.79. The van der Waals surface area contributed by atoms with Gasteiger partial charge in [-0.1, -0.05) is 42.5 Å². The number of rotatable bonds is 4. The van der Waals surface area contributed by atoms with Gasteiger partial charge >= 0.3 is 7.48 Å². The van der Waals surface area contributed by atoms with Crippen molar-refractivity contribution in [2.45, 2.75) is 38.9 Å². The van der Waals surface area contributed by atoms with Crippen LogP contribution >= 0.6 is 0 Å². The Kier molecular flexibility index (Phi) is 3.70. The smallest absolute Gasteiger partial charge is 0.310 e. The topological polar surface area (TPSA) is 46.5 Å². The van der Waals surface area contributed by atoms with Crippen LogP contribution in [-0.4, -0.2) is 29.6 Å². The molecule has 2 aromatic carbocycles. The largest absolute Gasteiger partial charge is 0.427 e. The van der Waals surface area contributed by atoms with Gasteiger partial charge in [0.15, 0.2) is 5.78 Å². The maximum absolute atomic E-state index is 12.7. The molecule has 0 bridgehead atoms. The Balaban J connectivity index is 1.95. The number of hydrogen-bond acceptors (Lipinski definition) is 3. The minimum Gasteiger partial charge on any atom is -0.427 e. The lowest BCUT2D eigenvalue weighted by Crippen LogP contribution is -2.49. The van der Waals surface area contributed by atoms with Gasteiger partial charge in [0.25, 0.3) is 0 Å². The number of fused-ring (bicyclic) bond motifs is 3. The Labute approximate surface area is 137 Å². The molecule has 3 rings (SSSR count). The van der Waals surface area contributed by atoms with E-state index in [0.717, 1.165) is 27.7 Å². The Bertz CT molecular complexity index is 772. The summed E-state index contributed by atoms with van der Waals surface area (Å²) in [5.41, 5.74) is 2.59. The van der Waals surface area contributed by atoms with E-state index in [2.05, 4.69) is 0 Å². The Morgan fingerprint density at radius 3 is 2.17 bits per heavy atom. The molecule has 118 valence electrons. The molecule has 0 spiro atoms. The van der Waals surface area contributed by atoms with Crippen molar-refractivity contribution < 1.29 is 14.6 Å². The summed E-state index contributed by atoms with van der Waals surface area (Å²) in [6, 6.07) is 13.5. The number of hydrogen-bond donors (Lipinski definition) is 1. The first-order chi connectivity index (χ1) is 10.7. The molecule has 0 saturated heterocycles. The van der Waals surface area contributed by atoms with Crippen molar-refractivity contribution in [2.24, 2.45) is 0 Å². The Hall–Kier alpha value is -1.91. The van der Waals surface area contributed by atoms with E-state index in [9.17, 15) is 9.90 Å². The van der Waals surface area contributed by atoms with Gasteiger partial charge in [-0.15, -0.1) is 0 Å². The summed E-state index contributed by atoms with van der Waals surface area (Å²) in [7, 11) is 0.292. The normalized spacial score (nSPS) is 13.7. The fraction of sp³-hybridized carbons (Fsp3) is 0.316. The average molecular weight is 308 g/mol. The molecule has 23 heavy (non-hydrogen) atoms. The lowest BCUT2D eigenvalue weighted by Gasteiger charge is -2.37. The molecule has 0 saturated carbocycles. The molecule has 0 atom stereocenters. The molecule has 4 heteroatoms. The number of ketones is 1. The zero-order chi connectivity index (χ0) is 16.8. The summed E-state index contributed by atoms with van der Waals surface area (Å²) < 4.78 is 5.95. The number of benzene rings is 2. The number of aliphatic hydroxyl groups is 1. The van der Waals surface area contributed by atoms with E-state index in [1.54, 1.807) is 13.8 Å². The molecule has 1 aliphatic carbocycles. The van der Waals surface area contributed by atoms with Gasteiger partial charge in [-0.25, -0.2) is 0 Å². The maximum atomic E-state index is 12.7. The first-order valence-electron chi connectivity index (χ1n) is 7.85. The highest BCUT2D eigenvalue weighted by Crippen LogP contribution is 2.35. The van der Waals surface area contributed by atoms with Crippen LogP contribution in [0.2, 0.25) is 0 Å². The van der Waals surface area contributed by atoms with E-state index >= 15 is 0 Å². The molecular weight excluding hydrogens is 287 g/mol. The van der Waals surface area contributed by atoms with E-state index < -0.39 is 11.2 Å². The monoisotopic (exact) mass is 308 g/mol. The van der Waals surface area contributed by atoms with Crippen LogP contribution in [0, 0.1) is 0 Å². The van der Waals surface area contributed by atoms with Crippen molar-refractivity contribution in [2.75, 3.05) is 0 Å². The van der Waals surface area contributed by atoms with Crippen LogP contribution in [0.25, 0.3) is 11.1 Å². The highest BCUT2D eigenvalue weighted by atomic mass is 16.5. The predicted octanol–water partition coefficient (Wildman–Crippen LogP) is 2.44. The van der Waals surface area contributed by atoms with Crippen molar-refractivity contribution in [1.29, 1.82) is 0 Å².